The normalized spacial score (nSPS) is 18.2. The van der Waals surface area contributed by atoms with Gasteiger partial charge in [0.1, 0.15) is 36.9 Å². The van der Waals surface area contributed by atoms with Crippen molar-refractivity contribution in [1.82, 2.24) is 0 Å². The van der Waals surface area contributed by atoms with E-state index in [1.165, 1.54) is 32.4 Å². The van der Waals surface area contributed by atoms with Crippen LogP contribution in [0.1, 0.15) is 76.0 Å². The number of aliphatic carboxylic acids is 1. The monoisotopic (exact) mass is 1030 g/mol. The van der Waals surface area contributed by atoms with Gasteiger partial charge in [-0.2, -0.15) is 4.58 Å². The summed E-state index contributed by atoms with van der Waals surface area (Å²) in [5.74, 6) is -1.61. The number of anilines is 1. The molecule has 4 aromatic carbocycles. The van der Waals surface area contributed by atoms with Crippen LogP contribution in [0.2, 0.25) is 0 Å². The lowest BCUT2D eigenvalue weighted by Gasteiger charge is -2.31. The van der Waals surface area contributed by atoms with Gasteiger partial charge in [0, 0.05) is 79.3 Å². The van der Waals surface area contributed by atoms with E-state index >= 15 is 0 Å². The molecule has 1 atom stereocenters. The van der Waals surface area contributed by atoms with Gasteiger partial charge in [0.05, 0.1) is 43.4 Å². The quantitative estimate of drug-likeness (QED) is 0.0430. The molecule has 0 saturated heterocycles. The number of fused-ring (bicyclic) bond motifs is 6. The Balaban J connectivity index is 1.50. The predicted molar refractivity (Wildman–Crippen MR) is 253 cm³/mol. The highest BCUT2D eigenvalue weighted by molar-refractivity contribution is 7.87. The molecule has 6 rings (SSSR count). The molecule has 1 unspecified atom stereocenters. The fourth-order valence-electron chi connectivity index (χ4n) is 9.76. The Hall–Kier alpha value is -4.88. The molecule has 2 aliphatic rings. The van der Waals surface area contributed by atoms with E-state index in [4.69, 9.17) is 9.47 Å². The van der Waals surface area contributed by atoms with Crippen LogP contribution in [-0.2, 0) is 72.0 Å². The molecule has 1 N–H and O–H groups in total. The number of nitrogens with zero attached hydrogens (tertiary/aromatic N) is 2. The molecule has 0 fully saturated rings. The minimum atomic E-state index is -5.26. The van der Waals surface area contributed by atoms with Crippen LogP contribution in [0.25, 0.3) is 21.5 Å². The van der Waals surface area contributed by atoms with Crippen molar-refractivity contribution >= 4 is 85.1 Å². The molecular formula is C47H53N2O16S4-3. The largest absolute Gasteiger partial charge is 0.748 e. The summed E-state index contributed by atoms with van der Waals surface area (Å²) in [6, 6.07) is 11.0. The van der Waals surface area contributed by atoms with Gasteiger partial charge in [0.15, 0.2) is 5.71 Å². The van der Waals surface area contributed by atoms with Gasteiger partial charge in [-0.25, -0.2) is 33.7 Å². The number of methoxy groups -OCH3 is 2. The topological polar surface area (TPSA) is 291 Å². The summed E-state index contributed by atoms with van der Waals surface area (Å²) in [5.41, 5.74) is 2.02. The SMILES string of the molecule is COCCc1cc(S(=O)(=O)[O-])cc2c3c(ccc12)N(CCOC)/C(=C/C=C/C=C/C1=[N+](CCCCCC(=O)O)c2ccc4c(S(=O)(=O)[O-])cc(S(=O)(=O)[O-])cc4c2C1(C)C)C3(C)CCCS(=O)(=O)[O-]. The van der Waals surface area contributed by atoms with Gasteiger partial charge in [-0.1, -0.05) is 24.3 Å². The number of carboxylic acids is 1. The van der Waals surface area contributed by atoms with Gasteiger partial charge in [0.25, 0.3) is 0 Å². The first-order chi connectivity index (χ1) is 32.1. The standard InChI is InChI=1S/C47H56N2O16S4/c1-46(2)41(48(22-11-7-10-15-43(50)51)38-19-17-35-37(44(38)46)29-33(68(58,59)60)30-40(35)69(61,62)63)13-8-6-9-14-42-47(3,21-12-26-66(52,53)54)45-36-28-32(67(55,56)57)27-31(20-24-64-4)34(36)16-18-39(45)49(42)23-25-65-5/h6,8-9,13-14,16-19,27-30H,7,10-12,15,20-26H2,1-5H3,(H4-,50,51,52,53,54,55,56,57,58,59,60,61,62,63)/p-3. The Kier molecular flexibility index (Phi) is 15.9. The average Bonchev–Trinajstić information content (AvgIpc) is 3.61. The third-order valence-corrected chi connectivity index (χ3v) is 16.1. The lowest BCUT2D eigenvalue weighted by atomic mass is 9.75. The maximum Gasteiger partial charge on any atom is 0.303 e. The molecule has 2 aliphatic heterocycles. The molecule has 0 spiro atoms. The number of hydrogen-bond donors (Lipinski definition) is 1. The lowest BCUT2D eigenvalue weighted by molar-refractivity contribution is -0.438. The zero-order valence-corrected chi connectivity index (χ0v) is 41.9. The van der Waals surface area contributed by atoms with Crippen LogP contribution in [0.15, 0.2) is 99.3 Å². The van der Waals surface area contributed by atoms with Gasteiger partial charge in [-0.05, 0) is 123 Å². The molecule has 4 aromatic rings. The Morgan fingerprint density at radius 1 is 0.725 bits per heavy atom. The van der Waals surface area contributed by atoms with Gasteiger partial charge in [0.2, 0.25) is 5.69 Å². The van der Waals surface area contributed by atoms with Crippen LogP contribution < -0.4 is 4.90 Å². The molecule has 18 nitrogen and oxygen atoms in total. The smallest absolute Gasteiger partial charge is 0.303 e. The Bertz CT molecular complexity index is 3290. The van der Waals surface area contributed by atoms with Crippen molar-refractivity contribution in [2.45, 2.75) is 91.2 Å². The van der Waals surface area contributed by atoms with Gasteiger partial charge in [-0.3, -0.25) is 4.79 Å². The molecular weight excluding hydrogens is 977 g/mol. The fourth-order valence-corrected chi connectivity index (χ4v) is 12.1. The first-order valence-electron chi connectivity index (χ1n) is 21.9. The summed E-state index contributed by atoms with van der Waals surface area (Å²) in [4.78, 5) is 11.0. The highest BCUT2D eigenvalue weighted by Crippen LogP contribution is 2.54. The van der Waals surface area contributed by atoms with Gasteiger partial charge < -0.3 is 37.7 Å². The first-order valence-corrected chi connectivity index (χ1v) is 27.7. The molecule has 69 heavy (non-hydrogen) atoms. The van der Waals surface area contributed by atoms with Crippen LogP contribution in [0, 0.1) is 0 Å². The number of allylic oxidation sites excluding steroid dienone is 6. The third-order valence-electron chi connectivity index (χ3n) is 12.8. The maximum absolute atomic E-state index is 12.6. The summed E-state index contributed by atoms with van der Waals surface area (Å²) >= 11 is 0. The van der Waals surface area contributed by atoms with Crippen molar-refractivity contribution in [3.05, 3.63) is 101 Å². The van der Waals surface area contributed by atoms with Crippen molar-refractivity contribution in [1.29, 1.82) is 0 Å². The van der Waals surface area contributed by atoms with E-state index in [9.17, 15) is 61.8 Å². The van der Waals surface area contributed by atoms with Crippen molar-refractivity contribution in [3.8, 4) is 0 Å². The summed E-state index contributed by atoms with van der Waals surface area (Å²) in [6.45, 7) is 6.59. The number of carbonyl (C=O) groups is 1. The van der Waals surface area contributed by atoms with Gasteiger partial charge in [-0.15, -0.1) is 0 Å². The Labute approximate surface area is 402 Å². The van der Waals surface area contributed by atoms with E-state index in [0.29, 0.717) is 88.7 Å². The van der Waals surface area contributed by atoms with Crippen LogP contribution in [0.4, 0.5) is 11.4 Å². The number of hydrogen-bond acceptors (Lipinski definition) is 16. The number of benzene rings is 4. The Morgan fingerprint density at radius 2 is 1.36 bits per heavy atom. The molecule has 0 amide bonds. The van der Waals surface area contributed by atoms with Crippen molar-refractivity contribution in [3.63, 3.8) is 0 Å². The third kappa shape index (κ3) is 11.5. The van der Waals surface area contributed by atoms with Crippen LogP contribution in [0.5, 0.6) is 0 Å². The van der Waals surface area contributed by atoms with E-state index in [0.717, 1.165) is 6.07 Å². The molecule has 374 valence electrons. The number of unbranched alkanes of at least 4 members (excludes halogenated alkanes) is 2. The molecule has 0 aliphatic carbocycles. The van der Waals surface area contributed by atoms with Gasteiger partial charge >= 0.3 is 5.97 Å². The minimum Gasteiger partial charge on any atom is -0.748 e. The van der Waals surface area contributed by atoms with E-state index in [1.807, 2.05) is 42.4 Å². The van der Waals surface area contributed by atoms with E-state index in [2.05, 4.69) is 0 Å². The highest BCUT2D eigenvalue weighted by atomic mass is 32.2. The van der Waals surface area contributed by atoms with Crippen LogP contribution in [-0.4, -0.2) is 120 Å². The summed E-state index contributed by atoms with van der Waals surface area (Å²) < 4.78 is 160. The van der Waals surface area contributed by atoms with Crippen LogP contribution in [0.3, 0.4) is 0 Å². The van der Waals surface area contributed by atoms with E-state index in [1.54, 1.807) is 36.4 Å². The minimum absolute atomic E-state index is 0.0398. The van der Waals surface area contributed by atoms with Crippen molar-refractivity contribution in [2.75, 3.05) is 51.2 Å². The van der Waals surface area contributed by atoms with Crippen molar-refractivity contribution < 1.29 is 75.8 Å². The lowest BCUT2D eigenvalue weighted by Crippen LogP contribution is -2.31. The number of ether oxygens (including phenoxy) is 2. The number of rotatable bonds is 22. The Morgan fingerprint density at radius 3 is 1.97 bits per heavy atom. The van der Waals surface area contributed by atoms with Crippen molar-refractivity contribution in [2.24, 2.45) is 0 Å². The molecule has 2 heterocycles. The maximum atomic E-state index is 12.6. The predicted octanol–water partition coefficient (Wildman–Crippen LogP) is 5.66. The second-order valence-electron chi connectivity index (χ2n) is 17.7. The molecule has 0 radical (unpaired) electrons. The number of carboxylic acid groups (broad SMARTS) is 1. The average molecular weight is 1030 g/mol. The van der Waals surface area contributed by atoms with Crippen LogP contribution >= 0.6 is 0 Å². The second-order valence-corrected chi connectivity index (χ2v) is 23.4. The summed E-state index contributed by atoms with van der Waals surface area (Å²) in [6.07, 6.45) is 10.5. The molecule has 0 bridgehead atoms. The molecule has 22 heteroatoms. The molecule has 0 saturated carbocycles. The summed E-state index contributed by atoms with van der Waals surface area (Å²) in [5, 5.41) is 10.3. The zero-order valence-electron chi connectivity index (χ0n) is 38.6. The summed E-state index contributed by atoms with van der Waals surface area (Å²) in [7, 11) is -17.1. The van der Waals surface area contributed by atoms with E-state index < -0.39 is 77.7 Å². The second kappa shape index (κ2) is 20.5. The fraction of sp³-hybridized carbons (Fsp3) is 0.404. The molecule has 0 aromatic heterocycles. The first kappa shape index (κ1) is 53.5. The highest BCUT2D eigenvalue weighted by Gasteiger charge is 2.47. The van der Waals surface area contributed by atoms with E-state index in [-0.39, 0.29) is 49.7 Å². The zero-order chi connectivity index (χ0) is 50.9.